The molecule has 1 heterocycles. The Bertz CT molecular complexity index is 550. The van der Waals surface area contributed by atoms with Crippen LogP contribution < -0.4 is 15.4 Å². The van der Waals surface area contributed by atoms with Gasteiger partial charge in [0, 0.05) is 0 Å². The molecule has 21 heavy (non-hydrogen) atoms. The van der Waals surface area contributed by atoms with Crippen LogP contribution in [0.2, 0.25) is 0 Å². The maximum atomic E-state index is 12.4. The van der Waals surface area contributed by atoms with Gasteiger partial charge in [0.15, 0.2) is 5.75 Å². The Morgan fingerprint density at radius 1 is 1.52 bits per heavy atom. The van der Waals surface area contributed by atoms with E-state index in [4.69, 9.17) is 10.5 Å². The Morgan fingerprint density at radius 3 is 2.95 bits per heavy atom. The van der Waals surface area contributed by atoms with Crippen LogP contribution in [0.25, 0.3) is 0 Å². The molecule has 1 aromatic rings. The summed E-state index contributed by atoms with van der Waals surface area (Å²) in [5.74, 6) is -0.232. The van der Waals surface area contributed by atoms with E-state index in [2.05, 4.69) is 0 Å². The molecular weight excluding hydrogens is 292 g/mol. The smallest absolute Gasteiger partial charge is 0.339 e. The number of carboxylic acid groups (broad SMARTS) is 1. The van der Waals surface area contributed by atoms with E-state index in [9.17, 15) is 14.7 Å². The van der Waals surface area contributed by atoms with Crippen molar-refractivity contribution in [3.63, 3.8) is 0 Å². The molecule has 0 saturated heterocycles. The van der Waals surface area contributed by atoms with Crippen molar-refractivity contribution in [2.45, 2.75) is 12.5 Å². The van der Waals surface area contributed by atoms with Gasteiger partial charge in [-0.05, 0) is 30.6 Å². The topological polar surface area (TPSA) is 92.9 Å². The SMILES string of the molecule is CSCC[C@H](N)C(=O)N1CCOc2c(C(=O)O)cccc21. The predicted molar refractivity (Wildman–Crippen MR) is 82.2 cm³/mol. The second kappa shape index (κ2) is 6.82. The third-order valence-electron chi connectivity index (χ3n) is 3.29. The molecule has 7 heteroatoms. The van der Waals surface area contributed by atoms with Crippen LogP contribution in [-0.2, 0) is 4.79 Å². The fourth-order valence-corrected chi connectivity index (χ4v) is 2.70. The maximum Gasteiger partial charge on any atom is 0.339 e. The van der Waals surface area contributed by atoms with Gasteiger partial charge >= 0.3 is 5.97 Å². The predicted octanol–water partition coefficient (Wildman–Crippen LogP) is 1.19. The van der Waals surface area contributed by atoms with Crippen LogP contribution in [0, 0.1) is 0 Å². The Labute approximate surface area is 127 Å². The number of nitrogens with two attached hydrogens (primary N) is 1. The van der Waals surface area contributed by atoms with Crippen LogP contribution in [-0.4, -0.2) is 48.2 Å². The van der Waals surface area contributed by atoms with E-state index in [-0.39, 0.29) is 23.8 Å². The van der Waals surface area contributed by atoms with Crippen LogP contribution in [0.4, 0.5) is 5.69 Å². The molecule has 1 aliphatic rings. The van der Waals surface area contributed by atoms with Crippen molar-refractivity contribution < 1.29 is 19.4 Å². The second-order valence-corrected chi connectivity index (χ2v) is 5.67. The van der Waals surface area contributed by atoms with E-state index in [1.807, 2.05) is 6.26 Å². The Balaban J connectivity index is 2.28. The molecule has 2 rings (SSSR count). The molecule has 3 N–H and O–H groups in total. The summed E-state index contributed by atoms with van der Waals surface area (Å²) in [5, 5.41) is 9.18. The number of rotatable bonds is 5. The molecule has 0 saturated carbocycles. The molecule has 1 aromatic carbocycles. The molecule has 0 fully saturated rings. The van der Waals surface area contributed by atoms with Crippen molar-refractivity contribution in [1.82, 2.24) is 0 Å². The minimum absolute atomic E-state index is 0.0580. The molecule has 1 aliphatic heterocycles. The van der Waals surface area contributed by atoms with E-state index in [1.54, 1.807) is 23.9 Å². The molecule has 0 spiro atoms. The number of amides is 1. The molecule has 0 aliphatic carbocycles. The molecule has 0 unspecified atom stereocenters. The number of carbonyl (C=O) groups excluding carboxylic acids is 1. The number of carboxylic acids is 1. The largest absolute Gasteiger partial charge is 0.489 e. The number of anilines is 1. The van der Waals surface area contributed by atoms with Crippen molar-refractivity contribution in [2.24, 2.45) is 5.73 Å². The zero-order valence-corrected chi connectivity index (χ0v) is 12.6. The molecule has 6 nitrogen and oxygen atoms in total. The highest BCUT2D eigenvalue weighted by molar-refractivity contribution is 7.98. The molecule has 0 bridgehead atoms. The summed E-state index contributed by atoms with van der Waals surface area (Å²) in [6.45, 7) is 0.639. The lowest BCUT2D eigenvalue weighted by Crippen LogP contribution is -2.47. The van der Waals surface area contributed by atoms with Gasteiger partial charge in [0.2, 0.25) is 5.91 Å². The van der Waals surface area contributed by atoms with Gasteiger partial charge in [-0.25, -0.2) is 4.79 Å². The van der Waals surface area contributed by atoms with E-state index >= 15 is 0 Å². The van der Waals surface area contributed by atoms with Crippen molar-refractivity contribution >= 4 is 29.3 Å². The summed E-state index contributed by atoms with van der Waals surface area (Å²) < 4.78 is 5.44. The summed E-state index contributed by atoms with van der Waals surface area (Å²) in [5.41, 5.74) is 6.46. The van der Waals surface area contributed by atoms with Crippen LogP contribution in [0.15, 0.2) is 18.2 Å². The minimum Gasteiger partial charge on any atom is -0.489 e. The summed E-state index contributed by atoms with van der Waals surface area (Å²) >= 11 is 1.63. The lowest BCUT2D eigenvalue weighted by atomic mass is 10.1. The first-order chi connectivity index (χ1) is 10.1. The molecular formula is C14H18N2O4S. The minimum atomic E-state index is -1.08. The highest BCUT2D eigenvalue weighted by Crippen LogP contribution is 2.35. The highest BCUT2D eigenvalue weighted by Gasteiger charge is 2.29. The zero-order chi connectivity index (χ0) is 15.4. The van der Waals surface area contributed by atoms with Gasteiger partial charge in [0.1, 0.15) is 12.2 Å². The van der Waals surface area contributed by atoms with Crippen LogP contribution in [0.5, 0.6) is 5.75 Å². The van der Waals surface area contributed by atoms with Gasteiger partial charge < -0.3 is 20.5 Å². The van der Waals surface area contributed by atoms with Crippen molar-refractivity contribution in [3.8, 4) is 5.75 Å². The normalized spacial score (nSPS) is 15.0. The van der Waals surface area contributed by atoms with E-state index in [1.165, 1.54) is 11.0 Å². The number of thioether (sulfide) groups is 1. The Morgan fingerprint density at radius 2 is 2.29 bits per heavy atom. The van der Waals surface area contributed by atoms with Crippen LogP contribution in [0.1, 0.15) is 16.8 Å². The summed E-state index contributed by atoms with van der Waals surface area (Å²) in [7, 11) is 0. The van der Waals surface area contributed by atoms with Crippen LogP contribution in [0.3, 0.4) is 0 Å². The van der Waals surface area contributed by atoms with Gasteiger partial charge in [-0.2, -0.15) is 11.8 Å². The summed E-state index contributed by atoms with van der Waals surface area (Å²) in [4.78, 5) is 25.2. The van der Waals surface area contributed by atoms with E-state index in [0.717, 1.165) is 5.75 Å². The number of carbonyl (C=O) groups is 2. The van der Waals surface area contributed by atoms with Gasteiger partial charge in [-0.1, -0.05) is 6.07 Å². The van der Waals surface area contributed by atoms with Crippen molar-refractivity contribution in [3.05, 3.63) is 23.8 Å². The van der Waals surface area contributed by atoms with E-state index < -0.39 is 12.0 Å². The summed E-state index contributed by atoms with van der Waals surface area (Å²) in [6, 6.07) is 4.16. The van der Waals surface area contributed by atoms with Crippen molar-refractivity contribution in [1.29, 1.82) is 0 Å². The number of aromatic carboxylic acids is 1. The lowest BCUT2D eigenvalue weighted by Gasteiger charge is -2.32. The van der Waals surface area contributed by atoms with Gasteiger partial charge in [0.05, 0.1) is 18.3 Å². The first-order valence-electron chi connectivity index (χ1n) is 6.61. The molecule has 114 valence electrons. The number of hydrogen-bond acceptors (Lipinski definition) is 5. The lowest BCUT2D eigenvalue weighted by molar-refractivity contribution is -0.120. The fraction of sp³-hybridized carbons (Fsp3) is 0.429. The first kappa shape index (κ1) is 15.7. The van der Waals surface area contributed by atoms with E-state index in [0.29, 0.717) is 18.7 Å². The monoisotopic (exact) mass is 310 g/mol. The Kier molecular flexibility index (Phi) is 5.08. The van der Waals surface area contributed by atoms with Gasteiger partial charge in [-0.15, -0.1) is 0 Å². The quantitative estimate of drug-likeness (QED) is 0.848. The molecule has 0 radical (unpaired) electrons. The third-order valence-corrected chi connectivity index (χ3v) is 3.94. The maximum absolute atomic E-state index is 12.4. The van der Waals surface area contributed by atoms with Crippen LogP contribution >= 0.6 is 11.8 Å². The molecule has 1 amide bonds. The first-order valence-corrected chi connectivity index (χ1v) is 8.00. The average molecular weight is 310 g/mol. The highest BCUT2D eigenvalue weighted by atomic mass is 32.2. The Hall–Kier alpha value is -1.73. The number of para-hydroxylation sites is 1. The standard InChI is InChI=1S/C14H18N2O4S/c1-21-8-5-10(15)13(17)16-6-7-20-12-9(14(18)19)3-2-4-11(12)16/h2-4,10H,5-8,15H2,1H3,(H,18,19)/t10-/m0/s1. The number of fused-ring (bicyclic) bond motifs is 1. The number of benzene rings is 1. The number of ether oxygens (including phenoxy) is 1. The fourth-order valence-electron chi connectivity index (χ4n) is 2.21. The van der Waals surface area contributed by atoms with Gasteiger partial charge in [-0.3, -0.25) is 4.79 Å². The zero-order valence-electron chi connectivity index (χ0n) is 11.7. The van der Waals surface area contributed by atoms with Gasteiger partial charge in [0.25, 0.3) is 0 Å². The van der Waals surface area contributed by atoms with Crippen molar-refractivity contribution in [2.75, 3.05) is 30.1 Å². The second-order valence-electron chi connectivity index (χ2n) is 4.69. The summed E-state index contributed by atoms with van der Waals surface area (Å²) in [6.07, 6.45) is 2.55. The molecule has 0 aromatic heterocycles. The number of nitrogens with zero attached hydrogens (tertiary/aromatic N) is 1. The third kappa shape index (κ3) is 3.30. The average Bonchev–Trinajstić information content (AvgIpc) is 2.50. The molecule has 1 atom stereocenters. The number of hydrogen-bond donors (Lipinski definition) is 2.